The number of nitrogens with one attached hydrogen (secondary N) is 1. The fourth-order valence-electron chi connectivity index (χ4n) is 2.67. The van der Waals surface area contributed by atoms with E-state index in [1.165, 1.54) is 26.4 Å². The van der Waals surface area contributed by atoms with Gasteiger partial charge in [-0.2, -0.15) is 0 Å². The van der Waals surface area contributed by atoms with Crippen molar-refractivity contribution in [3.8, 4) is 0 Å². The van der Waals surface area contributed by atoms with Gasteiger partial charge in [0.15, 0.2) is 6.04 Å². The largest absolute Gasteiger partial charge is 0.467 e. The summed E-state index contributed by atoms with van der Waals surface area (Å²) in [5.74, 6) is -0.00183. The Balaban J connectivity index is 2.54. The van der Waals surface area contributed by atoms with Crippen molar-refractivity contribution < 1.29 is 23.8 Å². The van der Waals surface area contributed by atoms with Gasteiger partial charge in [-0.05, 0) is 46.5 Å². The molecule has 0 radical (unpaired) electrons. The molecule has 0 aromatic heterocycles. The molecule has 0 spiro atoms. The molecule has 0 aliphatic heterocycles. The van der Waals surface area contributed by atoms with Gasteiger partial charge in [-0.3, -0.25) is 0 Å². The van der Waals surface area contributed by atoms with Gasteiger partial charge in [0.1, 0.15) is 5.60 Å². The van der Waals surface area contributed by atoms with Crippen molar-refractivity contribution >= 4 is 12.1 Å². The first-order chi connectivity index (χ1) is 10.7. The molecule has 134 valence electrons. The van der Waals surface area contributed by atoms with E-state index < -0.39 is 29.8 Å². The molecule has 6 heteroatoms. The molecular weight excluding hydrogens is 298 g/mol. The first-order valence-corrected chi connectivity index (χ1v) is 8.42. The lowest BCUT2D eigenvalue weighted by atomic mass is 9.90. The first-order valence-electron chi connectivity index (χ1n) is 8.42. The molecule has 1 amide bonds. The number of carbonyl (C=O) groups excluding carboxylic acids is 2. The quantitative estimate of drug-likeness (QED) is 0.758. The van der Waals surface area contributed by atoms with Crippen LogP contribution in [0.3, 0.4) is 0 Å². The molecule has 1 fully saturated rings. The Hall–Kier alpha value is -1.30. The molecule has 0 aromatic rings. The average molecular weight is 329 g/mol. The highest BCUT2D eigenvalue weighted by Gasteiger charge is 2.31. The summed E-state index contributed by atoms with van der Waals surface area (Å²) in [6.45, 7) is 7.67. The predicted molar refractivity (Wildman–Crippen MR) is 87.2 cm³/mol. The zero-order valence-corrected chi connectivity index (χ0v) is 15.0. The van der Waals surface area contributed by atoms with Crippen LogP contribution in [0.4, 0.5) is 4.79 Å². The number of hydrogen-bond acceptors (Lipinski definition) is 5. The Morgan fingerprint density at radius 1 is 1.17 bits per heavy atom. The van der Waals surface area contributed by atoms with Crippen LogP contribution in [0.2, 0.25) is 0 Å². The molecule has 0 heterocycles. The topological polar surface area (TPSA) is 73.9 Å². The zero-order chi connectivity index (χ0) is 17.5. The van der Waals surface area contributed by atoms with Crippen LogP contribution >= 0.6 is 0 Å². The highest BCUT2D eigenvalue weighted by Crippen LogP contribution is 2.24. The molecule has 6 nitrogen and oxygen atoms in total. The van der Waals surface area contributed by atoms with E-state index in [-0.39, 0.29) is 0 Å². The van der Waals surface area contributed by atoms with E-state index in [0.717, 1.165) is 12.8 Å². The summed E-state index contributed by atoms with van der Waals surface area (Å²) in [5, 5.41) is 2.55. The number of hydrogen-bond donors (Lipinski definition) is 1. The second-order valence-corrected chi connectivity index (χ2v) is 7.19. The predicted octanol–water partition coefficient (Wildman–Crippen LogP) is 3.04. The number of rotatable bonds is 6. The molecule has 1 rings (SSSR count). The van der Waals surface area contributed by atoms with Crippen LogP contribution in [0, 0.1) is 5.92 Å². The molecule has 23 heavy (non-hydrogen) atoms. The first kappa shape index (κ1) is 19.7. The van der Waals surface area contributed by atoms with Crippen molar-refractivity contribution in [2.75, 3.05) is 13.7 Å². The monoisotopic (exact) mass is 329 g/mol. The summed E-state index contributed by atoms with van der Waals surface area (Å²) in [7, 11) is 1.29. The molecule has 1 aliphatic carbocycles. The lowest BCUT2D eigenvalue weighted by Gasteiger charge is -2.28. The molecular formula is C17H31NO5. The van der Waals surface area contributed by atoms with Crippen LogP contribution in [0.5, 0.6) is 0 Å². The number of esters is 1. The van der Waals surface area contributed by atoms with E-state index in [1.54, 1.807) is 27.7 Å². The second-order valence-electron chi connectivity index (χ2n) is 7.19. The van der Waals surface area contributed by atoms with Crippen LogP contribution < -0.4 is 5.32 Å². The van der Waals surface area contributed by atoms with E-state index in [0.29, 0.717) is 12.5 Å². The molecule has 0 saturated heterocycles. The second kappa shape index (κ2) is 9.11. The lowest BCUT2D eigenvalue weighted by molar-refractivity contribution is -0.147. The van der Waals surface area contributed by atoms with Crippen molar-refractivity contribution in [2.45, 2.75) is 77.5 Å². The number of alkyl carbamates (subject to hydrolysis) is 1. The smallest absolute Gasteiger partial charge is 0.408 e. The molecule has 0 bridgehead atoms. The summed E-state index contributed by atoms with van der Waals surface area (Å²) >= 11 is 0. The SMILES string of the molecule is COC(=O)[C@@H](NC(=O)OC(C)(C)C)[C@@H](C)OCC1CCCCC1. The third kappa shape index (κ3) is 7.68. The van der Waals surface area contributed by atoms with Crippen molar-refractivity contribution in [1.82, 2.24) is 5.32 Å². The molecule has 0 unspecified atom stereocenters. The maximum Gasteiger partial charge on any atom is 0.408 e. The van der Waals surface area contributed by atoms with E-state index in [4.69, 9.17) is 14.2 Å². The Morgan fingerprint density at radius 3 is 2.30 bits per heavy atom. The molecule has 1 saturated carbocycles. The summed E-state index contributed by atoms with van der Waals surface area (Å²) < 4.78 is 15.8. The molecule has 0 aromatic carbocycles. The summed E-state index contributed by atoms with van der Waals surface area (Å²) in [4.78, 5) is 23.8. The Kier molecular flexibility index (Phi) is 7.82. The fraction of sp³-hybridized carbons (Fsp3) is 0.882. The lowest BCUT2D eigenvalue weighted by Crippen LogP contribution is -2.50. The Labute approximate surface area is 139 Å². The van der Waals surface area contributed by atoms with Crippen LogP contribution in [0.1, 0.15) is 59.8 Å². The van der Waals surface area contributed by atoms with E-state index in [1.807, 2.05) is 0 Å². The maximum absolute atomic E-state index is 11.9. The van der Waals surface area contributed by atoms with Gasteiger partial charge < -0.3 is 19.5 Å². The Morgan fingerprint density at radius 2 is 1.78 bits per heavy atom. The van der Waals surface area contributed by atoms with E-state index in [2.05, 4.69) is 5.32 Å². The number of amides is 1. The van der Waals surface area contributed by atoms with Gasteiger partial charge in [0.25, 0.3) is 0 Å². The minimum absolute atomic E-state index is 0.475. The van der Waals surface area contributed by atoms with Crippen LogP contribution in [-0.2, 0) is 19.0 Å². The molecule has 2 atom stereocenters. The van der Waals surface area contributed by atoms with Crippen LogP contribution in [0.25, 0.3) is 0 Å². The van der Waals surface area contributed by atoms with Gasteiger partial charge in [0.2, 0.25) is 0 Å². The van der Waals surface area contributed by atoms with Gasteiger partial charge >= 0.3 is 12.1 Å². The van der Waals surface area contributed by atoms with Crippen molar-refractivity contribution in [1.29, 1.82) is 0 Å². The number of carbonyl (C=O) groups is 2. The minimum atomic E-state index is -0.876. The molecule has 1 aliphatic rings. The van der Waals surface area contributed by atoms with Crippen LogP contribution in [-0.4, -0.2) is 43.5 Å². The third-order valence-electron chi connectivity index (χ3n) is 3.92. The van der Waals surface area contributed by atoms with E-state index in [9.17, 15) is 9.59 Å². The van der Waals surface area contributed by atoms with Crippen LogP contribution in [0.15, 0.2) is 0 Å². The van der Waals surface area contributed by atoms with Gasteiger partial charge in [-0.15, -0.1) is 0 Å². The maximum atomic E-state index is 11.9. The summed E-state index contributed by atoms with van der Waals surface area (Å²) in [5.41, 5.74) is -0.628. The third-order valence-corrected chi connectivity index (χ3v) is 3.92. The van der Waals surface area contributed by atoms with Crippen molar-refractivity contribution in [2.24, 2.45) is 5.92 Å². The van der Waals surface area contributed by atoms with Gasteiger partial charge in [-0.25, -0.2) is 9.59 Å². The van der Waals surface area contributed by atoms with Gasteiger partial charge in [0, 0.05) is 6.61 Å². The fourth-order valence-corrected chi connectivity index (χ4v) is 2.67. The highest BCUT2D eigenvalue weighted by molar-refractivity contribution is 5.82. The molecule has 1 N–H and O–H groups in total. The van der Waals surface area contributed by atoms with Crippen molar-refractivity contribution in [3.05, 3.63) is 0 Å². The summed E-state index contributed by atoms with van der Waals surface area (Å²) in [6, 6.07) is -0.876. The highest BCUT2D eigenvalue weighted by atomic mass is 16.6. The number of methoxy groups -OCH3 is 1. The standard InChI is InChI=1S/C17H31NO5/c1-12(22-11-13-9-7-6-8-10-13)14(15(19)21-5)18-16(20)23-17(2,3)4/h12-14H,6-11H2,1-5H3,(H,18,20)/t12-,14+/m1/s1. The zero-order valence-electron chi connectivity index (χ0n) is 15.0. The average Bonchev–Trinajstić information content (AvgIpc) is 2.49. The summed E-state index contributed by atoms with van der Waals surface area (Å²) in [6.07, 6.45) is 4.96. The van der Waals surface area contributed by atoms with Crippen molar-refractivity contribution in [3.63, 3.8) is 0 Å². The minimum Gasteiger partial charge on any atom is -0.467 e. The normalized spacial score (nSPS) is 18.8. The Bertz CT molecular complexity index is 385. The van der Waals surface area contributed by atoms with E-state index >= 15 is 0 Å². The van der Waals surface area contributed by atoms with Gasteiger partial charge in [-0.1, -0.05) is 19.3 Å². The number of ether oxygens (including phenoxy) is 3. The van der Waals surface area contributed by atoms with Gasteiger partial charge in [0.05, 0.1) is 13.2 Å².